The van der Waals surface area contributed by atoms with Crippen molar-refractivity contribution in [3.05, 3.63) is 48.2 Å². The van der Waals surface area contributed by atoms with E-state index in [1.165, 1.54) is 23.5 Å². The second kappa shape index (κ2) is 8.69. The summed E-state index contributed by atoms with van der Waals surface area (Å²) in [5.74, 6) is 0.919. The minimum atomic E-state index is -3.76. The molecule has 0 radical (unpaired) electrons. The van der Waals surface area contributed by atoms with Crippen LogP contribution in [0.3, 0.4) is 0 Å². The van der Waals surface area contributed by atoms with Gasteiger partial charge in [0.2, 0.25) is 0 Å². The molecule has 11 heteroatoms. The van der Waals surface area contributed by atoms with E-state index < -0.39 is 22.1 Å². The van der Waals surface area contributed by atoms with Crippen molar-refractivity contribution in [1.82, 2.24) is 9.46 Å². The molecule has 0 N–H and O–H groups in total. The molecule has 4 rings (SSSR count). The number of sulfonamides is 1. The molecule has 1 aliphatic rings. The van der Waals surface area contributed by atoms with E-state index in [0.29, 0.717) is 16.4 Å². The van der Waals surface area contributed by atoms with Crippen LogP contribution in [-0.2, 0) is 14.8 Å². The fourth-order valence-corrected chi connectivity index (χ4v) is 5.64. The van der Waals surface area contributed by atoms with Crippen molar-refractivity contribution in [2.45, 2.75) is 17.2 Å². The van der Waals surface area contributed by atoms with Gasteiger partial charge in [-0.3, -0.25) is 0 Å². The van der Waals surface area contributed by atoms with Crippen LogP contribution in [0.15, 0.2) is 51.2 Å². The Bertz CT molecular complexity index is 1190. The number of hydrogen-bond acceptors (Lipinski definition) is 9. The number of carbonyl (C=O) groups excluding carboxylic acids is 1. The van der Waals surface area contributed by atoms with Crippen LogP contribution in [0.4, 0.5) is 0 Å². The van der Waals surface area contributed by atoms with Crippen LogP contribution in [-0.4, -0.2) is 56.8 Å². The van der Waals surface area contributed by atoms with Crippen LogP contribution in [0.1, 0.15) is 17.4 Å². The number of carbonyl (C=O) groups is 1. The number of thiophene rings is 1. The first-order valence-corrected chi connectivity index (χ1v) is 11.7. The number of esters is 1. The van der Waals surface area contributed by atoms with Gasteiger partial charge in [-0.2, -0.15) is 4.31 Å². The number of nitrogens with zero attached hydrogens (tertiary/aromatic N) is 2. The Hall–Kier alpha value is -2.89. The van der Waals surface area contributed by atoms with Crippen LogP contribution < -0.4 is 9.47 Å². The van der Waals surface area contributed by atoms with Crippen molar-refractivity contribution in [2.24, 2.45) is 0 Å². The average molecular weight is 465 g/mol. The van der Waals surface area contributed by atoms with Gasteiger partial charge in [-0.15, -0.1) is 11.3 Å². The fraction of sp³-hybridized carbons (Fsp3) is 0.300. The van der Waals surface area contributed by atoms with E-state index in [2.05, 4.69) is 5.16 Å². The van der Waals surface area contributed by atoms with Gasteiger partial charge in [-0.1, -0.05) is 17.3 Å². The van der Waals surface area contributed by atoms with Gasteiger partial charge in [-0.25, -0.2) is 13.2 Å². The van der Waals surface area contributed by atoms with Crippen LogP contribution >= 0.6 is 11.3 Å². The van der Waals surface area contributed by atoms with Gasteiger partial charge in [0, 0.05) is 13.1 Å². The molecule has 2 aromatic heterocycles. The third kappa shape index (κ3) is 4.43. The predicted molar refractivity (Wildman–Crippen MR) is 112 cm³/mol. The molecule has 3 aromatic rings. The van der Waals surface area contributed by atoms with Crippen LogP contribution in [0.25, 0.3) is 10.6 Å². The van der Waals surface area contributed by atoms with Crippen LogP contribution in [0.5, 0.6) is 11.5 Å². The van der Waals surface area contributed by atoms with E-state index in [-0.39, 0.29) is 35.4 Å². The molecule has 0 saturated heterocycles. The summed E-state index contributed by atoms with van der Waals surface area (Å²) in [6, 6.07) is 11.8. The zero-order valence-electron chi connectivity index (χ0n) is 16.8. The quantitative estimate of drug-likeness (QED) is 0.491. The zero-order valence-corrected chi connectivity index (χ0v) is 18.4. The van der Waals surface area contributed by atoms with Gasteiger partial charge in [-0.05, 0) is 31.2 Å². The Morgan fingerprint density at radius 3 is 2.81 bits per heavy atom. The number of benzene rings is 1. The molecule has 0 saturated carbocycles. The fourth-order valence-electron chi connectivity index (χ4n) is 2.98. The highest BCUT2D eigenvalue weighted by Crippen LogP contribution is 2.34. The number of para-hydroxylation sites is 2. The van der Waals surface area contributed by atoms with E-state index in [1.54, 1.807) is 25.1 Å². The number of rotatable bonds is 7. The van der Waals surface area contributed by atoms with Crippen molar-refractivity contribution < 1.29 is 31.9 Å². The Kier molecular flexibility index (Phi) is 5.99. The molecule has 0 unspecified atom stereocenters. The largest absolute Gasteiger partial charge is 0.486 e. The lowest BCUT2D eigenvalue weighted by molar-refractivity contribution is 0.0514. The van der Waals surface area contributed by atoms with Gasteiger partial charge in [0.25, 0.3) is 10.0 Å². The number of aromatic nitrogens is 1. The first-order chi connectivity index (χ1) is 14.9. The molecule has 1 aromatic carbocycles. The molecule has 3 heterocycles. The summed E-state index contributed by atoms with van der Waals surface area (Å²) in [5.41, 5.74) is 0.0292. The molecule has 31 heavy (non-hydrogen) atoms. The molecular formula is C20H20N2O7S2. The molecule has 0 spiro atoms. The Labute approximate surface area is 183 Å². The van der Waals surface area contributed by atoms with Crippen LogP contribution in [0, 0.1) is 0 Å². The van der Waals surface area contributed by atoms with Gasteiger partial charge in [0.15, 0.2) is 23.0 Å². The first-order valence-electron chi connectivity index (χ1n) is 9.47. The van der Waals surface area contributed by atoms with Gasteiger partial charge in [0.1, 0.15) is 16.9 Å². The summed E-state index contributed by atoms with van der Waals surface area (Å²) < 4.78 is 49.0. The number of likely N-dealkylation sites (N-methyl/N-ethyl adjacent to an activating group) is 1. The summed E-state index contributed by atoms with van der Waals surface area (Å²) in [4.78, 5) is 12.3. The maximum atomic E-state index is 13.0. The molecule has 0 bridgehead atoms. The number of fused-ring (bicyclic) bond motifs is 1. The molecule has 0 aliphatic carbocycles. The van der Waals surface area contributed by atoms with Crippen molar-refractivity contribution in [1.29, 1.82) is 0 Å². The van der Waals surface area contributed by atoms with Gasteiger partial charge in [0.05, 0.1) is 18.0 Å². The lowest BCUT2D eigenvalue weighted by Crippen LogP contribution is -2.41. The van der Waals surface area contributed by atoms with E-state index >= 15 is 0 Å². The molecular weight excluding hydrogens is 444 g/mol. The van der Waals surface area contributed by atoms with Crippen molar-refractivity contribution in [3.63, 3.8) is 0 Å². The summed E-state index contributed by atoms with van der Waals surface area (Å²) in [7, 11) is -2.27. The molecule has 1 atom stereocenters. The summed E-state index contributed by atoms with van der Waals surface area (Å²) in [6.07, 6.45) is -0.435. The van der Waals surface area contributed by atoms with E-state index in [1.807, 2.05) is 12.1 Å². The highest BCUT2D eigenvalue weighted by molar-refractivity contribution is 7.91. The van der Waals surface area contributed by atoms with Gasteiger partial charge >= 0.3 is 5.97 Å². The first kappa shape index (κ1) is 21.3. The Morgan fingerprint density at radius 1 is 1.26 bits per heavy atom. The standard InChI is InChI=1S/C20H20N2O7S2/c1-3-26-20(23)14-10-17(29-21-14)18-8-9-19(30-18)31(24,25)22(2)11-13-12-27-15-6-4-5-7-16(15)28-13/h4-10,13H,3,11-12H2,1-2H3/t13-/m0/s1. The minimum Gasteiger partial charge on any atom is -0.486 e. The minimum absolute atomic E-state index is 0.0292. The average Bonchev–Trinajstić information content (AvgIpc) is 3.44. The Morgan fingerprint density at radius 2 is 2.03 bits per heavy atom. The van der Waals surface area contributed by atoms with Crippen molar-refractivity contribution in [2.75, 3.05) is 26.8 Å². The summed E-state index contributed by atoms with van der Waals surface area (Å²) >= 11 is 1.02. The number of hydrogen-bond donors (Lipinski definition) is 0. The second-order valence-corrected chi connectivity index (χ2v) is 10.1. The predicted octanol–water partition coefficient (Wildman–Crippen LogP) is 3.04. The van der Waals surface area contributed by atoms with Crippen LogP contribution in [0.2, 0.25) is 0 Å². The molecule has 1 aliphatic heterocycles. The smallest absolute Gasteiger partial charge is 0.360 e. The lowest BCUT2D eigenvalue weighted by atomic mass is 10.2. The lowest BCUT2D eigenvalue weighted by Gasteiger charge is -2.29. The van der Waals surface area contributed by atoms with Crippen molar-refractivity contribution >= 4 is 27.3 Å². The third-order valence-corrected chi connectivity index (χ3v) is 7.90. The molecule has 9 nitrogen and oxygen atoms in total. The summed E-state index contributed by atoms with van der Waals surface area (Å²) in [5, 5.41) is 3.68. The Balaban J connectivity index is 1.46. The van der Waals surface area contributed by atoms with Crippen molar-refractivity contribution in [3.8, 4) is 22.1 Å². The topological polar surface area (TPSA) is 108 Å². The maximum Gasteiger partial charge on any atom is 0.360 e. The maximum absolute atomic E-state index is 13.0. The normalized spacial score (nSPS) is 15.8. The molecule has 0 fully saturated rings. The monoisotopic (exact) mass is 464 g/mol. The second-order valence-electron chi connectivity index (χ2n) is 6.70. The highest BCUT2D eigenvalue weighted by Gasteiger charge is 2.29. The summed E-state index contributed by atoms with van der Waals surface area (Å²) in [6.45, 7) is 2.28. The number of ether oxygens (including phenoxy) is 3. The van der Waals surface area contributed by atoms with Gasteiger partial charge < -0.3 is 18.7 Å². The zero-order chi connectivity index (χ0) is 22.0. The molecule has 0 amide bonds. The van der Waals surface area contributed by atoms with E-state index in [9.17, 15) is 13.2 Å². The SMILES string of the molecule is CCOC(=O)c1cc(-c2ccc(S(=O)(=O)N(C)C[C@H]3COc4ccccc4O3)s2)on1. The third-order valence-electron chi connectivity index (χ3n) is 4.51. The molecule has 164 valence electrons. The highest BCUT2D eigenvalue weighted by atomic mass is 32.2. The van der Waals surface area contributed by atoms with E-state index in [4.69, 9.17) is 18.7 Å². The van der Waals surface area contributed by atoms with E-state index in [0.717, 1.165) is 11.3 Å².